The average molecular weight is 224 g/mol. The van der Waals surface area contributed by atoms with Crippen LogP contribution < -0.4 is 11.5 Å². The van der Waals surface area contributed by atoms with Crippen molar-refractivity contribution < 1.29 is 24.0 Å². The third-order valence-electron chi connectivity index (χ3n) is 1.37. The molecule has 0 bridgehead atoms. The normalized spacial score (nSPS) is 17.0. The lowest BCUT2D eigenvalue weighted by molar-refractivity contribution is -0.138. The number of rotatable bonds is 6. The first-order valence-corrected chi connectivity index (χ1v) is 5.15. The molecule has 0 radical (unpaired) electrons. The second-order valence-electron chi connectivity index (χ2n) is 2.66. The Bertz CT molecular complexity index is 233. The van der Waals surface area contributed by atoms with Gasteiger partial charge < -0.3 is 21.7 Å². The molecule has 0 rings (SSSR count). The Balaban J connectivity index is 3.99. The first-order valence-electron chi connectivity index (χ1n) is 3.66. The number of carboxylic acid groups (broad SMARTS) is 2. The molecule has 0 spiro atoms. The van der Waals surface area contributed by atoms with Crippen molar-refractivity contribution in [2.24, 2.45) is 11.5 Å². The highest BCUT2D eigenvalue weighted by atomic mass is 32.2. The molecule has 0 fully saturated rings. The van der Waals surface area contributed by atoms with Crippen LogP contribution in [0.25, 0.3) is 0 Å². The Kier molecular flexibility index (Phi) is 5.28. The van der Waals surface area contributed by atoms with Gasteiger partial charge in [-0.15, -0.1) is 0 Å². The molecule has 0 aromatic rings. The molecule has 2 unspecified atom stereocenters. The number of carbonyl (C=O) groups is 2. The van der Waals surface area contributed by atoms with Gasteiger partial charge in [0, 0.05) is 22.3 Å². The molecule has 0 aliphatic carbocycles. The van der Waals surface area contributed by atoms with Crippen molar-refractivity contribution in [2.45, 2.75) is 12.1 Å². The van der Waals surface area contributed by atoms with E-state index >= 15 is 0 Å². The zero-order chi connectivity index (χ0) is 11.3. The third kappa shape index (κ3) is 4.90. The molecule has 0 saturated heterocycles. The van der Waals surface area contributed by atoms with Crippen molar-refractivity contribution in [1.29, 1.82) is 0 Å². The maximum Gasteiger partial charge on any atom is 0.321 e. The lowest BCUT2D eigenvalue weighted by Gasteiger charge is -2.08. The van der Waals surface area contributed by atoms with E-state index in [0.717, 1.165) is 0 Å². The van der Waals surface area contributed by atoms with Gasteiger partial charge in [-0.25, -0.2) is 0 Å². The monoisotopic (exact) mass is 224 g/mol. The zero-order valence-electron chi connectivity index (χ0n) is 7.25. The molecule has 7 nitrogen and oxygen atoms in total. The topological polar surface area (TPSA) is 144 Å². The molecule has 0 aromatic carbocycles. The molecule has 0 heterocycles. The number of hydrogen-bond donors (Lipinski definition) is 4. The second kappa shape index (κ2) is 5.68. The second-order valence-corrected chi connectivity index (χ2v) is 4.21. The molecule has 82 valence electrons. The van der Waals surface area contributed by atoms with Crippen LogP contribution in [0.5, 0.6) is 0 Å². The van der Waals surface area contributed by atoms with Gasteiger partial charge in [-0.05, 0) is 0 Å². The Morgan fingerprint density at radius 3 is 1.57 bits per heavy atom. The highest BCUT2D eigenvalue weighted by molar-refractivity contribution is 7.85. The quantitative estimate of drug-likeness (QED) is 0.392. The number of carboxylic acids is 2. The van der Waals surface area contributed by atoms with E-state index in [1.807, 2.05) is 0 Å². The Labute approximate surface area is 82.5 Å². The van der Waals surface area contributed by atoms with Gasteiger partial charge in [-0.1, -0.05) is 0 Å². The van der Waals surface area contributed by atoms with Gasteiger partial charge in [-0.2, -0.15) is 0 Å². The maximum atomic E-state index is 11.1. The van der Waals surface area contributed by atoms with Crippen LogP contribution in [0.2, 0.25) is 0 Å². The van der Waals surface area contributed by atoms with Crippen LogP contribution in [-0.2, 0) is 20.4 Å². The van der Waals surface area contributed by atoms with Gasteiger partial charge >= 0.3 is 11.9 Å². The van der Waals surface area contributed by atoms with E-state index in [2.05, 4.69) is 0 Å². The summed E-state index contributed by atoms with van der Waals surface area (Å²) in [5.74, 6) is -3.14. The van der Waals surface area contributed by atoms with Crippen LogP contribution in [0.15, 0.2) is 0 Å². The average Bonchev–Trinajstić information content (AvgIpc) is 2.03. The summed E-state index contributed by atoms with van der Waals surface area (Å²) in [7, 11) is -1.63. The van der Waals surface area contributed by atoms with Gasteiger partial charge in [0.25, 0.3) is 0 Å². The first kappa shape index (κ1) is 13.0. The van der Waals surface area contributed by atoms with Crippen molar-refractivity contribution in [3.05, 3.63) is 0 Å². The molecule has 8 heteroatoms. The molecule has 0 aromatic heterocycles. The van der Waals surface area contributed by atoms with Crippen LogP contribution in [0.3, 0.4) is 0 Å². The molecule has 0 aliphatic rings. The number of nitrogens with two attached hydrogens (primary N) is 2. The third-order valence-corrected chi connectivity index (χ3v) is 2.83. The van der Waals surface area contributed by atoms with Crippen LogP contribution in [0.4, 0.5) is 0 Å². The first-order chi connectivity index (χ1) is 6.34. The van der Waals surface area contributed by atoms with Crippen molar-refractivity contribution in [3.63, 3.8) is 0 Å². The van der Waals surface area contributed by atoms with Crippen molar-refractivity contribution >= 4 is 22.7 Å². The predicted octanol–water partition coefficient (Wildman–Crippen LogP) is -2.44. The fourth-order valence-corrected chi connectivity index (χ4v) is 1.83. The van der Waals surface area contributed by atoms with E-state index in [0.29, 0.717) is 0 Å². The van der Waals surface area contributed by atoms with Crippen LogP contribution in [0, 0.1) is 0 Å². The molecular weight excluding hydrogens is 212 g/mol. The summed E-state index contributed by atoms with van der Waals surface area (Å²) in [5.41, 5.74) is 10.2. The van der Waals surface area contributed by atoms with Gasteiger partial charge in [0.1, 0.15) is 12.1 Å². The smallest absolute Gasteiger partial charge is 0.321 e. The highest BCUT2D eigenvalue weighted by Crippen LogP contribution is 1.91. The Morgan fingerprint density at radius 1 is 1.07 bits per heavy atom. The van der Waals surface area contributed by atoms with Gasteiger partial charge in [0.05, 0.1) is 0 Å². The minimum absolute atomic E-state index is 0.295. The maximum absolute atomic E-state index is 11.1. The summed E-state index contributed by atoms with van der Waals surface area (Å²) in [6.45, 7) is 0. The molecular formula is C6H12N2O5S. The SMILES string of the molecule is NC(CS(=O)CC(N)C(=O)O)C(=O)O. The van der Waals surface area contributed by atoms with E-state index in [1.165, 1.54) is 0 Å². The highest BCUT2D eigenvalue weighted by Gasteiger charge is 2.20. The van der Waals surface area contributed by atoms with Gasteiger partial charge in [0.15, 0.2) is 0 Å². The summed E-state index contributed by atoms with van der Waals surface area (Å²) < 4.78 is 11.1. The van der Waals surface area contributed by atoms with Gasteiger partial charge in [0.2, 0.25) is 0 Å². The lowest BCUT2D eigenvalue weighted by atomic mass is 10.4. The summed E-state index contributed by atoms with van der Waals surface area (Å²) in [5, 5.41) is 16.7. The Morgan fingerprint density at radius 2 is 1.36 bits per heavy atom. The summed E-state index contributed by atoms with van der Waals surface area (Å²) >= 11 is 0. The standard InChI is InChI=1S/C6H12N2O5S/c7-3(5(9)10)1-14(13)2-4(8)6(11)12/h3-4H,1-2,7-8H2,(H,9,10)(H,11,12). The number of aliphatic carboxylic acids is 2. The van der Waals surface area contributed by atoms with E-state index in [-0.39, 0.29) is 11.5 Å². The minimum atomic E-state index is -1.63. The van der Waals surface area contributed by atoms with E-state index in [4.69, 9.17) is 21.7 Å². The molecule has 0 aliphatic heterocycles. The van der Waals surface area contributed by atoms with Gasteiger partial charge in [-0.3, -0.25) is 13.8 Å². The van der Waals surface area contributed by atoms with Crippen molar-refractivity contribution in [1.82, 2.24) is 0 Å². The van der Waals surface area contributed by atoms with Crippen molar-refractivity contribution in [3.8, 4) is 0 Å². The fraction of sp³-hybridized carbons (Fsp3) is 0.667. The molecule has 0 saturated carbocycles. The van der Waals surface area contributed by atoms with Crippen LogP contribution in [0.1, 0.15) is 0 Å². The predicted molar refractivity (Wildman–Crippen MR) is 49.1 cm³/mol. The van der Waals surface area contributed by atoms with Crippen LogP contribution in [-0.4, -0.2) is 49.9 Å². The Hall–Kier alpha value is -0.990. The zero-order valence-corrected chi connectivity index (χ0v) is 8.07. The summed E-state index contributed by atoms with van der Waals surface area (Å²) in [4.78, 5) is 20.5. The van der Waals surface area contributed by atoms with E-state index < -0.39 is 34.8 Å². The molecule has 0 amide bonds. The van der Waals surface area contributed by atoms with Crippen molar-refractivity contribution in [2.75, 3.05) is 11.5 Å². The van der Waals surface area contributed by atoms with E-state index in [9.17, 15) is 13.8 Å². The lowest BCUT2D eigenvalue weighted by Crippen LogP contribution is -2.40. The molecule has 14 heavy (non-hydrogen) atoms. The fourth-order valence-electron chi connectivity index (χ4n) is 0.611. The largest absolute Gasteiger partial charge is 0.480 e. The number of hydrogen-bond acceptors (Lipinski definition) is 5. The molecule has 6 N–H and O–H groups in total. The molecule has 2 atom stereocenters. The minimum Gasteiger partial charge on any atom is -0.480 e. The van der Waals surface area contributed by atoms with E-state index in [1.54, 1.807) is 0 Å². The summed E-state index contributed by atoms with van der Waals surface area (Å²) in [6, 6.07) is -2.51. The summed E-state index contributed by atoms with van der Waals surface area (Å²) in [6.07, 6.45) is 0. The van der Waals surface area contributed by atoms with Crippen LogP contribution >= 0.6 is 0 Å².